The van der Waals surface area contributed by atoms with Crippen LogP contribution in [0.2, 0.25) is 0 Å². The fraction of sp³-hybridized carbons (Fsp3) is 0.455. The zero-order valence-corrected chi connectivity index (χ0v) is 12.2. The first-order chi connectivity index (χ1) is 7.83. The maximum absolute atomic E-state index is 12.1. The lowest BCUT2D eigenvalue weighted by molar-refractivity contribution is -0.135. The molecule has 1 nitrogen and oxygen atoms in total. The van der Waals surface area contributed by atoms with Crippen LogP contribution in [0.25, 0.3) is 0 Å². The maximum atomic E-state index is 12.1. The van der Waals surface area contributed by atoms with Crippen LogP contribution < -0.4 is 4.74 Å². The van der Waals surface area contributed by atoms with Gasteiger partial charge < -0.3 is 4.74 Å². The minimum Gasteiger partial charge on any atom is -0.497 e. The predicted octanol–water partition coefficient (Wildman–Crippen LogP) is 5.24. The number of benzene rings is 1. The number of hydrogen-bond donors (Lipinski definition) is 0. The Morgan fingerprint density at radius 1 is 1.35 bits per heavy atom. The summed E-state index contributed by atoms with van der Waals surface area (Å²) in [4.78, 5) is -0.329. The largest absolute Gasteiger partial charge is 0.497 e. The highest BCUT2D eigenvalue weighted by molar-refractivity contribution is 9.11. The molecule has 0 heterocycles. The fourth-order valence-electron chi connectivity index (χ4n) is 1.33. The van der Waals surface area contributed by atoms with Crippen LogP contribution in [0.5, 0.6) is 5.75 Å². The van der Waals surface area contributed by atoms with Crippen LogP contribution in [0.15, 0.2) is 22.7 Å². The van der Waals surface area contributed by atoms with E-state index in [0.29, 0.717) is 5.75 Å². The Hall–Kier alpha value is -0.230. The highest BCUT2D eigenvalue weighted by Crippen LogP contribution is 2.37. The van der Waals surface area contributed by atoms with Gasteiger partial charge in [0.05, 0.1) is 7.11 Å². The molecule has 0 aliphatic carbocycles. The minimum absolute atomic E-state index is 0.00836. The number of hydrogen-bond acceptors (Lipinski definition) is 1. The van der Waals surface area contributed by atoms with Crippen LogP contribution in [0.3, 0.4) is 0 Å². The van der Waals surface area contributed by atoms with E-state index in [1.54, 1.807) is 18.2 Å². The molecule has 0 bridgehead atoms. The van der Waals surface area contributed by atoms with Crippen molar-refractivity contribution in [1.29, 1.82) is 0 Å². The van der Waals surface area contributed by atoms with Gasteiger partial charge >= 0.3 is 6.18 Å². The van der Waals surface area contributed by atoms with E-state index in [0.717, 1.165) is 10.0 Å². The zero-order chi connectivity index (χ0) is 13.1. The van der Waals surface area contributed by atoms with Gasteiger partial charge in [0.25, 0.3) is 0 Å². The predicted molar refractivity (Wildman–Crippen MR) is 67.7 cm³/mol. The molecular formula is C11H11Br2F3O. The maximum Gasteiger partial charge on any atom is 0.389 e. The molecule has 0 saturated carbocycles. The summed E-state index contributed by atoms with van der Waals surface area (Å²) in [6.45, 7) is 0. The topological polar surface area (TPSA) is 9.23 Å². The lowest BCUT2D eigenvalue weighted by atomic mass is 10.1. The van der Waals surface area contributed by atoms with Gasteiger partial charge in [-0.1, -0.05) is 37.9 Å². The van der Waals surface area contributed by atoms with Crippen LogP contribution in [0.1, 0.15) is 23.2 Å². The van der Waals surface area contributed by atoms with Crippen molar-refractivity contribution in [2.24, 2.45) is 0 Å². The second-order valence-corrected chi connectivity index (χ2v) is 5.47. The molecule has 0 aliphatic heterocycles. The van der Waals surface area contributed by atoms with Crippen molar-refractivity contribution < 1.29 is 17.9 Å². The Morgan fingerprint density at radius 2 is 2.00 bits per heavy atom. The lowest BCUT2D eigenvalue weighted by Crippen LogP contribution is -2.08. The first-order valence-electron chi connectivity index (χ1n) is 4.88. The number of halogens is 5. The number of rotatable bonds is 4. The van der Waals surface area contributed by atoms with E-state index in [-0.39, 0.29) is 11.2 Å². The molecule has 17 heavy (non-hydrogen) atoms. The van der Waals surface area contributed by atoms with E-state index in [1.165, 1.54) is 7.11 Å². The van der Waals surface area contributed by atoms with Crippen molar-refractivity contribution in [3.05, 3.63) is 28.2 Å². The van der Waals surface area contributed by atoms with E-state index in [4.69, 9.17) is 4.74 Å². The molecule has 0 fully saturated rings. The van der Waals surface area contributed by atoms with Gasteiger partial charge in [-0.05, 0) is 24.1 Å². The molecule has 0 aromatic heterocycles. The molecule has 0 spiro atoms. The molecule has 96 valence electrons. The van der Waals surface area contributed by atoms with Gasteiger partial charge in [0.15, 0.2) is 0 Å². The van der Waals surface area contributed by atoms with Crippen LogP contribution in [0, 0.1) is 0 Å². The van der Waals surface area contributed by atoms with Crippen molar-refractivity contribution >= 4 is 31.9 Å². The van der Waals surface area contributed by atoms with Gasteiger partial charge in [0.1, 0.15) is 5.75 Å². The molecule has 0 radical (unpaired) electrons. The van der Waals surface area contributed by atoms with E-state index < -0.39 is 12.6 Å². The SMILES string of the molecule is COc1ccc(C(Br)CCC(F)(F)F)c(Br)c1. The van der Waals surface area contributed by atoms with Gasteiger partial charge in [0.2, 0.25) is 0 Å². The summed E-state index contributed by atoms with van der Waals surface area (Å²) in [5, 5.41) is 0. The molecular weight excluding hydrogens is 365 g/mol. The van der Waals surface area contributed by atoms with Crippen molar-refractivity contribution in [2.75, 3.05) is 7.11 Å². The standard InChI is InChI=1S/C11H11Br2F3O/c1-17-7-2-3-8(10(13)6-7)9(12)4-5-11(14,15)16/h2-3,6,9H,4-5H2,1H3. The third-order valence-corrected chi connectivity index (χ3v) is 3.86. The second kappa shape index (κ2) is 6.09. The molecule has 0 amide bonds. The zero-order valence-electron chi connectivity index (χ0n) is 9.02. The van der Waals surface area contributed by atoms with E-state index >= 15 is 0 Å². The van der Waals surface area contributed by atoms with Crippen LogP contribution in [-0.2, 0) is 0 Å². The van der Waals surface area contributed by atoms with E-state index in [9.17, 15) is 13.2 Å². The molecule has 1 rings (SSSR count). The highest BCUT2D eigenvalue weighted by Gasteiger charge is 2.28. The summed E-state index contributed by atoms with van der Waals surface area (Å²) in [6, 6.07) is 5.21. The summed E-state index contributed by atoms with van der Waals surface area (Å²) >= 11 is 6.58. The molecule has 0 N–H and O–H groups in total. The summed E-state index contributed by atoms with van der Waals surface area (Å²) in [5.74, 6) is 0.663. The first kappa shape index (κ1) is 14.8. The Kier molecular flexibility index (Phi) is 5.31. The Morgan fingerprint density at radius 3 is 2.47 bits per heavy atom. The number of methoxy groups -OCH3 is 1. The monoisotopic (exact) mass is 374 g/mol. The van der Waals surface area contributed by atoms with Crippen molar-refractivity contribution in [1.82, 2.24) is 0 Å². The van der Waals surface area contributed by atoms with Gasteiger partial charge in [-0.2, -0.15) is 13.2 Å². The van der Waals surface area contributed by atoms with Crippen molar-refractivity contribution in [3.8, 4) is 5.75 Å². The van der Waals surface area contributed by atoms with Gasteiger partial charge in [-0.15, -0.1) is 0 Å². The van der Waals surface area contributed by atoms with Gasteiger partial charge in [0, 0.05) is 15.7 Å². The average Bonchev–Trinajstić information content (AvgIpc) is 2.24. The summed E-state index contributed by atoms with van der Waals surface area (Å²) in [6.07, 6.45) is -4.92. The minimum atomic E-state index is -4.12. The molecule has 1 aromatic rings. The Labute approximate surface area is 115 Å². The van der Waals surface area contributed by atoms with Crippen molar-refractivity contribution in [2.45, 2.75) is 23.8 Å². The van der Waals surface area contributed by atoms with E-state index in [1.807, 2.05) is 0 Å². The molecule has 1 aromatic carbocycles. The normalized spacial score (nSPS) is 13.5. The first-order valence-corrected chi connectivity index (χ1v) is 6.58. The number of ether oxygens (including phenoxy) is 1. The van der Waals surface area contributed by atoms with Crippen LogP contribution in [0.4, 0.5) is 13.2 Å². The summed E-state index contributed by atoms with van der Waals surface area (Å²) < 4.78 is 42.1. The highest BCUT2D eigenvalue weighted by atomic mass is 79.9. The number of alkyl halides is 4. The quantitative estimate of drug-likeness (QED) is 0.654. The second-order valence-electron chi connectivity index (χ2n) is 3.51. The summed E-state index contributed by atoms with van der Waals surface area (Å²) in [7, 11) is 1.54. The Bertz CT molecular complexity index is 379. The lowest BCUT2D eigenvalue weighted by Gasteiger charge is -2.14. The third kappa shape index (κ3) is 4.87. The van der Waals surface area contributed by atoms with Crippen LogP contribution in [-0.4, -0.2) is 13.3 Å². The molecule has 0 aliphatic rings. The van der Waals surface area contributed by atoms with Gasteiger partial charge in [-0.25, -0.2) is 0 Å². The molecule has 6 heteroatoms. The molecule has 0 saturated heterocycles. The van der Waals surface area contributed by atoms with Crippen LogP contribution >= 0.6 is 31.9 Å². The fourth-order valence-corrected chi connectivity index (χ4v) is 2.90. The Balaban J connectivity index is 2.72. The third-order valence-electron chi connectivity index (χ3n) is 2.23. The average molecular weight is 376 g/mol. The van der Waals surface area contributed by atoms with Gasteiger partial charge in [-0.3, -0.25) is 0 Å². The van der Waals surface area contributed by atoms with Crippen molar-refractivity contribution in [3.63, 3.8) is 0 Å². The van der Waals surface area contributed by atoms with E-state index in [2.05, 4.69) is 31.9 Å². The molecule has 1 atom stereocenters. The molecule has 1 unspecified atom stereocenters. The smallest absolute Gasteiger partial charge is 0.389 e. The summed E-state index contributed by atoms with van der Waals surface area (Å²) in [5.41, 5.74) is 0.787.